The molecule has 7 heteroatoms. The minimum absolute atomic E-state index is 0. The molecule has 3 nitrogen and oxygen atoms in total. The zero-order chi connectivity index (χ0) is 8.12. The van der Waals surface area contributed by atoms with Crippen LogP contribution in [0.25, 0.3) is 0 Å². The molecular formula is C3H2KN3S3. The second-order valence-corrected chi connectivity index (χ2v) is 0.874. The van der Waals surface area contributed by atoms with Gasteiger partial charge in [0.25, 0.3) is 0 Å². The molecule has 0 aromatic heterocycles. The predicted molar refractivity (Wildman–Crippen MR) is 42.2 cm³/mol. The largest absolute Gasteiger partial charge is 1.00 e. The van der Waals surface area contributed by atoms with Crippen molar-refractivity contribution >= 4 is 37.9 Å². The van der Waals surface area contributed by atoms with Gasteiger partial charge in [0.1, 0.15) is 10.8 Å². The van der Waals surface area contributed by atoms with E-state index in [9.17, 15) is 0 Å². The number of thiocyanates is 3. The smallest absolute Gasteiger partial charge is 0.696 e. The Bertz CT molecular complexity index is 112. The molecule has 0 aromatic rings. The van der Waals surface area contributed by atoms with E-state index >= 15 is 0 Å². The molecule has 10 heavy (non-hydrogen) atoms. The third-order valence-corrected chi connectivity index (χ3v) is 0. The Morgan fingerprint density at radius 3 is 1.00 bits per heavy atom. The zero-order valence-corrected chi connectivity index (χ0v) is 10.9. The van der Waals surface area contributed by atoms with Crippen molar-refractivity contribution in [3.63, 3.8) is 0 Å². The molecule has 0 bridgehead atoms. The van der Waals surface area contributed by atoms with Crippen molar-refractivity contribution in [3.05, 3.63) is 0 Å². The molecule has 0 aliphatic carbocycles. The molecule has 0 saturated carbocycles. The SMILES string of the molecule is N#CS.N#CS.N#C[S-].[K+]. The van der Waals surface area contributed by atoms with Crippen molar-refractivity contribution in [2.75, 3.05) is 0 Å². The molecule has 0 saturated heterocycles. The van der Waals surface area contributed by atoms with Gasteiger partial charge in [0.2, 0.25) is 0 Å². The monoisotopic (exact) mass is 215 g/mol. The second-order valence-electron chi connectivity index (χ2n) is 0.291. The Morgan fingerprint density at radius 1 is 1.00 bits per heavy atom. The fraction of sp³-hybridized carbons (Fsp3) is 0. The normalized spacial score (nSPS) is 2.30. The van der Waals surface area contributed by atoms with Gasteiger partial charge in [0.05, 0.1) is 0 Å². The number of rotatable bonds is 0. The van der Waals surface area contributed by atoms with Gasteiger partial charge in [-0.15, -0.1) is 0 Å². The summed E-state index contributed by atoms with van der Waals surface area (Å²) in [5, 5.41) is 25.7. The Morgan fingerprint density at radius 2 is 1.00 bits per heavy atom. The number of thiol groups is 2. The van der Waals surface area contributed by atoms with Gasteiger partial charge < -0.3 is 12.6 Å². The van der Waals surface area contributed by atoms with E-state index in [0.29, 0.717) is 0 Å². The summed E-state index contributed by atoms with van der Waals surface area (Å²) in [4.78, 5) is 0. The van der Waals surface area contributed by atoms with Crippen molar-refractivity contribution in [3.8, 4) is 16.2 Å². The molecule has 0 unspecified atom stereocenters. The summed E-state index contributed by atoms with van der Waals surface area (Å²) in [5.74, 6) is 0. The molecule has 0 radical (unpaired) electrons. The van der Waals surface area contributed by atoms with Gasteiger partial charge >= 0.3 is 51.4 Å². The van der Waals surface area contributed by atoms with E-state index in [1.165, 1.54) is 16.2 Å². The molecule has 0 atom stereocenters. The zero-order valence-electron chi connectivity index (χ0n) is 5.14. The molecular weight excluding hydrogens is 213 g/mol. The topological polar surface area (TPSA) is 71.4 Å². The molecule has 0 N–H and O–H groups in total. The van der Waals surface area contributed by atoms with Crippen LogP contribution in [0.3, 0.4) is 0 Å². The summed E-state index contributed by atoms with van der Waals surface area (Å²) in [6.45, 7) is 0. The maximum absolute atomic E-state index is 7.18. The molecule has 0 amide bonds. The summed E-state index contributed by atoms with van der Waals surface area (Å²) >= 11 is 9.89. The molecule has 48 valence electrons. The standard InChI is InChI=1S/3CHNS.K/c3*2-1-3;/h3*3H;/q;;;+1/p-1. The quantitative estimate of drug-likeness (QED) is 0.208. The first-order chi connectivity index (χ1) is 4.24. The fourth-order valence-corrected chi connectivity index (χ4v) is 0. The maximum Gasteiger partial charge on any atom is 1.00 e. The van der Waals surface area contributed by atoms with Gasteiger partial charge in [-0.1, -0.05) is 30.7 Å². The summed E-state index contributed by atoms with van der Waals surface area (Å²) in [5.41, 5.74) is 0. The molecule has 0 rings (SSSR count). The van der Waals surface area contributed by atoms with E-state index in [4.69, 9.17) is 15.8 Å². The predicted octanol–water partition coefficient (Wildman–Crippen LogP) is -2.19. The van der Waals surface area contributed by atoms with Crippen LogP contribution in [0.1, 0.15) is 0 Å². The first-order valence-corrected chi connectivity index (χ1v) is 2.62. The van der Waals surface area contributed by atoms with Gasteiger partial charge in [-0.05, 0) is 0 Å². The van der Waals surface area contributed by atoms with Crippen LogP contribution in [0.4, 0.5) is 0 Å². The van der Waals surface area contributed by atoms with Crippen LogP contribution in [-0.4, -0.2) is 0 Å². The molecule has 0 aliphatic rings. The summed E-state index contributed by atoms with van der Waals surface area (Å²) in [7, 11) is 0. The summed E-state index contributed by atoms with van der Waals surface area (Å²) < 4.78 is 0. The van der Waals surface area contributed by atoms with Gasteiger partial charge in [0.15, 0.2) is 0 Å². The minimum Gasteiger partial charge on any atom is -0.696 e. The van der Waals surface area contributed by atoms with E-state index < -0.39 is 0 Å². The Labute approximate surface area is 119 Å². The van der Waals surface area contributed by atoms with Crippen LogP contribution < -0.4 is 51.4 Å². The number of hydrogen-bond acceptors (Lipinski definition) is 6. The van der Waals surface area contributed by atoms with E-state index in [1.54, 1.807) is 0 Å². The molecule has 0 spiro atoms. The molecule has 0 aliphatic heterocycles. The molecule has 0 heterocycles. The number of hydrogen-bond donors (Lipinski definition) is 2. The van der Waals surface area contributed by atoms with E-state index in [2.05, 4.69) is 37.9 Å². The minimum atomic E-state index is 0. The van der Waals surface area contributed by atoms with Crippen molar-refractivity contribution in [2.45, 2.75) is 0 Å². The van der Waals surface area contributed by atoms with Crippen LogP contribution in [0.5, 0.6) is 0 Å². The first kappa shape index (κ1) is 22.5. The summed E-state index contributed by atoms with van der Waals surface area (Å²) in [6, 6.07) is 0. The van der Waals surface area contributed by atoms with Crippen molar-refractivity contribution in [2.24, 2.45) is 0 Å². The van der Waals surface area contributed by atoms with Crippen molar-refractivity contribution in [1.29, 1.82) is 15.8 Å². The van der Waals surface area contributed by atoms with Crippen LogP contribution >= 0.6 is 25.3 Å². The van der Waals surface area contributed by atoms with E-state index in [0.717, 1.165) is 0 Å². The average Bonchev–Trinajstić information content (AvgIpc) is 1.70. The number of nitrogens with zero attached hydrogens (tertiary/aromatic N) is 3. The van der Waals surface area contributed by atoms with Crippen LogP contribution in [0.15, 0.2) is 0 Å². The third-order valence-electron chi connectivity index (χ3n) is 0. The fourth-order valence-electron chi connectivity index (χ4n) is 0. The van der Waals surface area contributed by atoms with Crippen LogP contribution in [-0.2, 0) is 12.6 Å². The van der Waals surface area contributed by atoms with Crippen molar-refractivity contribution in [1.82, 2.24) is 0 Å². The first-order valence-electron chi connectivity index (χ1n) is 1.32. The maximum atomic E-state index is 7.18. The van der Waals surface area contributed by atoms with Gasteiger partial charge in [-0.2, -0.15) is 10.5 Å². The van der Waals surface area contributed by atoms with Crippen LogP contribution in [0, 0.1) is 32.0 Å². The summed E-state index contributed by atoms with van der Waals surface area (Å²) in [6.07, 6.45) is 0. The molecule has 0 fully saturated rings. The van der Waals surface area contributed by atoms with Gasteiger partial charge in [-0.3, -0.25) is 0 Å². The second kappa shape index (κ2) is 50.4. The Kier molecular flexibility index (Phi) is 113. The number of nitriles is 3. The Hall–Kier alpha value is 1.03. The van der Waals surface area contributed by atoms with Crippen LogP contribution in [0.2, 0.25) is 0 Å². The van der Waals surface area contributed by atoms with Gasteiger partial charge in [-0.25, -0.2) is 5.26 Å². The Balaban J connectivity index is -0.0000000257. The molecule has 0 aromatic carbocycles. The van der Waals surface area contributed by atoms with E-state index in [-0.39, 0.29) is 51.4 Å². The third kappa shape index (κ3) is 552. The average molecular weight is 215 g/mol. The van der Waals surface area contributed by atoms with Crippen molar-refractivity contribution < 1.29 is 51.4 Å². The van der Waals surface area contributed by atoms with Gasteiger partial charge in [0, 0.05) is 0 Å². The van der Waals surface area contributed by atoms with E-state index in [1.807, 2.05) is 0 Å².